The van der Waals surface area contributed by atoms with Gasteiger partial charge in [0.2, 0.25) is 0 Å². The third-order valence-corrected chi connectivity index (χ3v) is 2.89. The number of benzene rings is 1. The molecule has 2 N–H and O–H groups in total. The van der Waals surface area contributed by atoms with Gasteiger partial charge in [-0.25, -0.2) is 0 Å². The van der Waals surface area contributed by atoms with Gasteiger partial charge >= 0.3 is 0 Å². The molecule has 1 fully saturated rings. The molecule has 1 saturated heterocycles. The first-order valence-electron chi connectivity index (χ1n) is 5.37. The van der Waals surface area contributed by atoms with Gasteiger partial charge in [-0.3, -0.25) is 15.0 Å². The van der Waals surface area contributed by atoms with Crippen molar-refractivity contribution in [2.75, 3.05) is 13.1 Å². The van der Waals surface area contributed by atoms with Crippen LogP contribution < -0.4 is 5.73 Å². The summed E-state index contributed by atoms with van der Waals surface area (Å²) in [6.07, 6.45) is 0.973. The second-order valence-corrected chi connectivity index (χ2v) is 4.17. The number of hydrogen-bond donors (Lipinski definition) is 1. The van der Waals surface area contributed by atoms with Gasteiger partial charge in [0.1, 0.15) is 0 Å². The highest BCUT2D eigenvalue weighted by atomic mass is 35.5. The highest BCUT2D eigenvalue weighted by Gasteiger charge is 2.21. The highest BCUT2D eigenvalue weighted by Crippen LogP contribution is 2.21. The van der Waals surface area contributed by atoms with Crippen molar-refractivity contribution in [3.8, 4) is 0 Å². The molecule has 2 rings (SSSR count). The predicted molar refractivity (Wildman–Crippen MR) is 68.2 cm³/mol. The van der Waals surface area contributed by atoms with Crippen LogP contribution in [0.25, 0.3) is 0 Å². The fourth-order valence-corrected chi connectivity index (χ4v) is 2.07. The van der Waals surface area contributed by atoms with Crippen LogP contribution in [0.1, 0.15) is 12.0 Å². The summed E-state index contributed by atoms with van der Waals surface area (Å²) in [7, 11) is 0. The molecular formula is C11H16ClN3O2. The molecular weight excluding hydrogens is 242 g/mol. The molecule has 1 heterocycles. The third kappa shape index (κ3) is 3.39. The Bertz CT molecular complexity index is 400. The van der Waals surface area contributed by atoms with Crippen molar-refractivity contribution in [2.45, 2.75) is 19.0 Å². The Kier molecular flexibility index (Phi) is 4.86. The summed E-state index contributed by atoms with van der Waals surface area (Å²) in [6.45, 7) is 2.37. The second-order valence-electron chi connectivity index (χ2n) is 4.17. The first-order chi connectivity index (χ1) is 7.66. The predicted octanol–water partition coefficient (Wildman–Crippen LogP) is 1.55. The minimum absolute atomic E-state index is 0. The molecule has 1 unspecified atom stereocenters. The molecule has 1 aromatic rings. The number of nitro benzene ring substituents is 1. The molecule has 6 heteroatoms. The van der Waals surface area contributed by atoms with E-state index in [0.29, 0.717) is 6.54 Å². The van der Waals surface area contributed by atoms with E-state index in [1.807, 2.05) is 12.1 Å². The Morgan fingerprint density at radius 2 is 2.18 bits per heavy atom. The molecule has 1 atom stereocenters. The first kappa shape index (κ1) is 13.9. The normalized spacial score (nSPS) is 19.9. The molecule has 1 aromatic carbocycles. The molecule has 94 valence electrons. The van der Waals surface area contributed by atoms with Crippen molar-refractivity contribution in [1.82, 2.24) is 4.90 Å². The zero-order valence-corrected chi connectivity index (χ0v) is 10.2. The maximum absolute atomic E-state index is 10.8. The lowest BCUT2D eigenvalue weighted by atomic mass is 10.1. The number of halogens is 1. The Hall–Kier alpha value is -1.17. The summed E-state index contributed by atoms with van der Waals surface area (Å²) in [4.78, 5) is 12.7. The monoisotopic (exact) mass is 257 g/mol. The van der Waals surface area contributed by atoms with E-state index in [-0.39, 0.29) is 29.1 Å². The van der Waals surface area contributed by atoms with Gasteiger partial charge in [0, 0.05) is 37.3 Å². The number of nitrogens with zero attached hydrogens (tertiary/aromatic N) is 2. The average molecular weight is 258 g/mol. The number of para-hydroxylation sites is 1. The molecule has 17 heavy (non-hydrogen) atoms. The van der Waals surface area contributed by atoms with Crippen LogP contribution in [0.3, 0.4) is 0 Å². The maximum atomic E-state index is 10.8. The number of nitrogens with two attached hydrogens (primary N) is 1. The molecule has 0 amide bonds. The Morgan fingerprint density at radius 3 is 2.76 bits per heavy atom. The summed E-state index contributed by atoms with van der Waals surface area (Å²) < 4.78 is 0. The minimum Gasteiger partial charge on any atom is -0.326 e. The van der Waals surface area contributed by atoms with Gasteiger partial charge in [0.05, 0.1) is 4.92 Å². The van der Waals surface area contributed by atoms with Crippen LogP contribution >= 0.6 is 12.4 Å². The number of hydrogen-bond acceptors (Lipinski definition) is 4. The molecule has 0 spiro atoms. The van der Waals surface area contributed by atoms with Crippen molar-refractivity contribution < 1.29 is 4.92 Å². The van der Waals surface area contributed by atoms with Crippen molar-refractivity contribution in [3.63, 3.8) is 0 Å². The van der Waals surface area contributed by atoms with Gasteiger partial charge in [0.15, 0.2) is 0 Å². The summed E-state index contributed by atoms with van der Waals surface area (Å²) in [5, 5.41) is 10.8. The molecule has 0 bridgehead atoms. The van der Waals surface area contributed by atoms with Gasteiger partial charge in [0.25, 0.3) is 5.69 Å². The van der Waals surface area contributed by atoms with E-state index < -0.39 is 0 Å². The molecule has 1 aliphatic heterocycles. The molecule has 0 aliphatic carbocycles. The summed E-state index contributed by atoms with van der Waals surface area (Å²) in [5.41, 5.74) is 6.76. The lowest BCUT2D eigenvalue weighted by Gasteiger charge is -2.14. The van der Waals surface area contributed by atoms with E-state index in [9.17, 15) is 10.1 Å². The Balaban J connectivity index is 0.00000144. The van der Waals surface area contributed by atoms with E-state index in [2.05, 4.69) is 4.90 Å². The van der Waals surface area contributed by atoms with E-state index in [1.54, 1.807) is 12.1 Å². The maximum Gasteiger partial charge on any atom is 0.273 e. The SMILES string of the molecule is Cl.NC1CCN(Cc2ccccc2[N+](=O)[O-])C1. The Labute approximate surface area is 106 Å². The summed E-state index contributed by atoms with van der Waals surface area (Å²) in [6, 6.07) is 7.09. The van der Waals surface area contributed by atoms with Crippen LogP contribution in [-0.2, 0) is 6.54 Å². The smallest absolute Gasteiger partial charge is 0.273 e. The van der Waals surface area contributed by atoms with Crippen molar-refractivity contribution >= 4 is 18.1 Å². The number of nitro groups is 1. The lowest BCUT2D eigenvalue weighted by Crippen LogP contribution is -2.26. The van der Waals surface area contributed by atoms with Crippen molar-refractivity contribution in [2.24, 2.45) is 5.73 Å². The quantitative estimate of drug-likeness (QED) is 0.659. The summed E-state index contributed by atoms with van der Waals surface area (Å²) in [5.74, 6) is 0. The first-order valence-corrected chi connectivity index (χ1v) is 5.37. The second kappa shape index (κ2) is 5.95. The third-order valence-electron chi connectivity index (χ3n) is 2.89. The van der Waals surface area contributed by atoms with Gasteiger partial charge in [-0.2, -0.15) is 0 Å². The molecule has 1 aliphatic rings. The fourth-order valence-electron chi connectivity index (χ4n) is 2.07. The van der Waals surface area contributed by atoms with Gasteiger partial charge in [-0.05, 0) is 6.42 Å². The lowest BCUT2D eigenvalue weighted by molar-refractivity contribution is -0.385. The van der Waals surface area contributed by atoms with Crippen LogP contribution in [0.2, 0.25) is 0 Å². The Morgan fingerprint density at radius 1 is 1.47 bits per heavy atom. The van der Waals surface area contributed by atoms with Crippen LogP contribution in [-0.4, -0.2) is 29.0 Å². The van der Waals surface area contributed by atoms with Crippen molar-refractivity contribution in [1.29, 1.82) is 0 Å². The summed E-state index contributed by atoms with van der Waals surface area (Å²) >= 11 is 0. The van der Waals surface area contributed by atoms with E-state index in [0.717, 1.165) is 25.1 Å². The fraction of sp³-hybridized carbons (Fsp3) is 0.455. The molecule has 0 aromatic heterocycles. The zero-order chi connectivity index (χ0) is 11.5. The number of likely N-dealkylation sites (tertiary alicyclic amines) is 1. The molecule has 0 radical (unpaired) electrons. The van der Waals surface area contributed by atoms with Crippen LogP contribution in [0.15, 0.2) is 24.3 Å². The largest absolute Gasteiger partial charge is 0.326 e. The van der Waals surface area contributed by atoms with Crippen LogP contribution in [0.4, 0.5) is 5.69 Å². The van der Waals surface area contributed by atoms with E-state index in [1.165, 1.54) is 0 Å². The molecule has 5 nitrogen and oxygen atoms in total. The molecule has 0 saturated carbocycles. The minimum atomic E-state index is -0.328. The standard InChI is InChI=1S/C11H15N3O2.ClH/c12-10-5-6-13(8-10)7-9-3-1-2-4-11(9)14(15)16;/h1-4,10H,5-8,12H2;1H. The topological polar surface area (TPSA) is 72.4 Å². The van der Waals surface area contributed by atoms with Gasteiger partial charge in [-0.15, -0.1) is 12.4 Å². The highest BCUT2D eigenvalue weighted by molar-refractivity contribution is 5.85. The number of rotatable bonds is 3. The average Bonchev–Trinajstić information content (AvgIpc) is 2.64. The van der Waals surface area contributed by atoms with E-state index in [4.69, 9.17) is 5.73 Å². The van der Waals surface area contributed by atoms with Gasteiger partial charge < -0.3 is 5.73 Å². The van der Waals surface area contributed by atoms with E-state index >= 15 is 0 Å². The van der Waals surface area contributed by atoms with Gasteiger partial charge in [-0.1, -0.05) is 18.2 Å². The van der Waals surface area contributed by atoms with Crippen LogP contribution in [0.5, 0.6) is 0 Å². The van der Waals surface area contributed by atoms with Crippen molar-refractivity contribution in [3.05, 3.63) is 39.9 Å². The van der Waals surface area contributed by atoms with Crippen LogP contribution in [0, 0.1) is 10.1 Å². The zero-order valence-electron chi connectivity index (χ0n) is 9.41.